The van der Waals surface area contributed by atoms with Gasteiger partial charge >= 0.3 is 0 Å². The molecule has 1 atom stereocenters. The van der Waals surface area contributed by atoms with Gasteiger partial charge in [0, 0.05) is 11.3 Å². The molecule has 1 aromatic carbocycles. The number of hydrogen-bond donors (Lipinski definition) is 0. The van der Waals surface area contributed by atoms with Gasteiger partial charge in [-0.25, -0.2) is 8.42 Å². The summed E-state index contributed by atoms with van der Waals surface area (Å²) >= 11 is 5.95. The monoisotopic (exact) mass is 274 g/mol. The van der Waals surface area contributed by atoms with E-state index in [1.54, 1.807) is 31.2 Å². The lowest BCUT2D eigenvalue weighted by Crippen LogP contribution is -2.39. The van der Waals surface area contributed by atoms with E-state index < -0.39 is 19.8 Å². The Balaban J connectivity index is 3.28. The van der Waals surface area contributed by atoms with Crippen LogP contribution in [0.25, 0.3) is 0 Å². The minimum Gasteiger partial charge on any atom is -0.291 e. The van der Waals surface area contributed by atoms with E-state index in [-0.39, 0.29) is 5.75 Å². The third-order valence-corrected chi connectivity index (χ3v) is 5.75. The van der Waals surface area contributed by atoms with Gasteiger partial charge in [0.05, 0.1) is 0 Å². The molecule has 0 saturated heterocycles. The largest absolute Gasteiger partial charge is 0.291 e. The highest BCUT2D eigenvalue weighted by Gasteiger charge is 2.43. The molecule has 0 aliphatic rings. The zero-order valence-corrected chi connectivity index (χ0v) is 11.6. The summed E-state index contributed by atoms with van der Waals surface area (Å²) in [6.45, 7) is 4.46. The standard InChI is InChI=1S/C12H15ClO3S/c1-4-17(15,16)12(3,13)11(14)10-8-6-5-7-9(10)2/h5-8H,4H2,1-3H3/t12-/m0/s1. The fourth-order valence-corrected chi connectivity index (χ4v) is 2.84. The van der Waals surface area contributed by atoms with Gasteiger partial charge in [0.2, 0.25) is 4.21 Å². The van der Waals surface area contributed by atoms with Crippen LogP contribution in [-0.4, -0.2) is 24.2 Å². The highest BCUT2D eigenvalue weighted by atomic mass is 35.5. The quantitative estimate of drug-likeness (QED) is 0.626. The van der Waals surface area contributed by atoms with Crippen molar-refractivity contribution in [1.82, 2.24) is 0 Å². The second-order valence-corrected chi connectivity index (χ2v) is 7.57. The normalized spacial score (nSPS) is 15.3. The van der Waals surface area contributed by atoms with E-state index >= 15 is 0 Å². The molecule has 0 saturated carbocycles. The molecule has 0 heterocycles. The first-order valence-corrected chi connectivity index (χ1v) is 7.28. The number of alkyl halides is 1. The Morgan fingerprint density at radius 3 is 2.35 bits per heavy atom. The van der Waals surface area contributed by atoms with Gasteiger partial charge in [0.1, 0.15) is 0 Å². The molecule has 94 valence electrons. The molecule has 17 heavy (non-hydrogen) atoms. The summed E-state index contributed by atoms with van der Waals surface area (Å²) in [5.74, 6) is -0.732. The van der Waals surface area contributed by atoms with Crippen molar-refractivity contribution in [2.45, 2.75) is 25.0 Å². The van der Waals surface area contributed by atoms with E-state index in [0.717, 1.165) is 5.56 Å². The van der Waals surface area contributed by atoms with Crippen LogP contribution in [0.3, 0.4) is 0 Å². The second-order valence-electron chi connectivity index (χ2n) is 3.96. The maximum atomic E-state index is 12.2. The molecule has 0 aliphatic heterocycles. The number of aryl methyl sites for hydroxylation is 1. The summed E-state index contributed by atoms with van der Waals surface area (Å²) in [6, 6.07) is 6.81. The van der Waals surface area contributed by atoms with E-state index in [1.807, 2.05) is 0 Å². The van der Waals surface area contributed by atoms with Crippen LogP contribution in [-0.2, 0) is 9.84 Å². The van der Waals surface area contributed by atoms with E-state index in [9.17, 15) is 13.2 Å². The molecule has 1 rings (SSSR count). The number of sulfone groups is 1. The summed E-state index contributed by atoms with van der Waals surface area (Å²) in [5.41, 5.74) is 1.07. The van der Waals surface area contributed by atoms with E-state index in [1.165, 1.54) is 13.8 Å². The molecule has 0 amide bonds. The van der Waals surface area contributed by atoms with Crippen LogP contribution >= 0.6 is 11.6 Å². The fourth-order valence-electron chi connectivity index (χ4n) is 1.48. The minimum atomic E-state index is -3.65. The zero-order chi connectivity index (χ0) is 13.3. The van der Waals surface area contributed by atoms with Crippen LogP contribution in [0.5, 0.6) is 0 Å². The van der Waals surface area contributed by atoms with Crippen LogP contribution < -0.4 is 0 Å². The van der Waals surface area contributed by atoms with E-state index in [4.69, 9.17) is 11.6 Å². The van der Waals surface area contributed by atoms with Gasteiger partial charge < -0.3 is 0 Å². The predicted octanol–water partition coefficient (Wildman–Crippen LogP) is 2.57. The van der Waals surface area contributed by atoms with Crippen molar-refractivity contribution in [3.8, 4) is 0 Å². The first kappa shape index (κ1) is 14.2. The summed E-state index contributed by atoms with van der Waals surface area (Å²) in [4.78, 5) is 12.2. The Morgan fingerprint density at radius 2 is 1.88 bits per heavy atom. The van der Waals surface area contributed by atoms with Crippen molar-refractivity contribution < 1.29 is 13.2 Å². The van der Waals surface area contributed by atoms with Gasteiger partial charge in [-0.05, 0) is 19.4 Å². The van der Waals surface area contributed by atoms with Crippen molar-refractivity contribution in [1.29, 1.82) is 0 Å². The fraction of sp³-hybridized carbons (Fsp3) is 0.417. The van der Waals surface area contributed by atoms with Crippen molar-refractivity contribution in [3.05, 3.63) is 35.4 Å². The lowest BCUT2D eigenvalue weighted by molar-refractivity contribution is 0.0977. The van der Waals surface area contributed by atoms with Crippen LogP contribution in [0.15, 0.2) is 24.3 Å². The lowest BCUT2D eigenvalue weighted by Gasteiger charge is -2.20. The van der Waals surface area contributed by atoms with Gasteiger partial charge in [-0.1, -0.05) is 42.8 Å². The Hall–Kier alpha value is -0.870. The first-order chi connectivity index (χ1) is 7.74. The summed E-state index contributed by atoms with van der Waals surface area (Å²) < 4.78 is 21.7. The number of hydrogen-bond acceptors (Lipinski definition) is 3. The number of rotatable bonds is 4. The smallest absolute Gasteiger partial charge is 0.205 e. The van der Waals surface area contributed by atoms with Crippen molar-refractivity contribution in [3.63, 3.8) is 0 Å². The molecule has 0 fully saturated rings. The Labute approximate surface area is 107 Å². The third-order valence-electron chi connectivity index (χ3n) is 2.76. The average molecular weight is 275 g/mol. The van der Waals surface area contributed by atoms with Gasteiger partial charge in [0.25, 0.3) is 0 Å². The number of carbonyl (C=O) groups excluding carboxylic acids is 1. The third kappa shape index (κ3) is 2.53. The number of benzene rings is 1. The molecule has 0 spiro atoms. The number of Topliss-reactive ketones (excluding diaryl/α,β-unsaturated/α-hetero) is 1. The second kappa shape index (κ2) is 4.78. The van der Waals surface area contributed by atoms with Gasteiger partial charge in [-0.3, -0.25) is 4.79 Å². The van der Waals surface area contributed by atoms with Gasteiger partial charge in [-0.2, -0.15) is 0 Å². The maximum Gasteiger partial charge on any atom is 0.205 e. The van der Waals surface area contributed by atoms with E-state index in [2.05, 4.69) is 0 Å². The van der Waals surface area contributed by atoms with Crippen molar-refractivity contribution >= 4 is 27.2 Å². The Morgan fingerprint density at radius 1 is 1.35 bits per heavy atom. The van der Waals surface area contributed by atoms with Crippen LogP contribution in [0, 0.1) is 6.92 Å². The zero-order valence-electron chi connectivity index (χ0n) is 10.0. The molecule has 0 N–H and O–H groups in total. The van der Waals surface area contributed by atoms with Crippen LogP contribution in [0.2, 0.25) is 0 Å². The molecular weight excluding hydrogens is 260 g/mol. The summed E-state index contributed by atoms with van der Waals surface area (Å²) in [5, 5.41) is 0. The SMILES string of the molecule is CCS(=O)(=O)[C@](C)(Cl)C(=O)c1ccccc1C. The van der Waals surface area contributed by atoms with Crippen molar-refractivity contribution in [2.24, 2.45) is 0 Å². The molecule has 0 aliphatic carbocycles. The van der Waals surface area contributed by atoms with Gasteiger partial charge in [0.15, 0.2) is 15.6 Å². The predicted molar refractivity (Wildman–Crippen MR) is 69.2 cm³/mol. The topological polar surface area (TPSA) is 51.2 Å². The molecule has 3 nitrogen and oxygen atoms in total. The minimum absolute atomic E-state index is 0.162. The molecular formula is C12H15ClO3S. The van der Waals surface area contributed by atoms with Crippen LogP contribution in [0.1, 0.15) is 29.8 Å². The van der Waals surface area contributed by atoms with E-state index in [0.29, 0.717) is 5.56 Å². The molecule has 0 unspecified atom stereocenters. The molecule has 5 heteroatoms. The van der Waals surface area contributed by atoms with Gasteiger partial charge in [-0.15, -0.1) is 0 Å². The number of ketones is 1. The molecule has 0 aromatic heterocycles. The average Bonchev–Trinajstić information content (AvgIpc) is 2.28. The Kier molecular flexibility index (Phi) is 3.99. The lowest BCUT2D eigenvalue weighted by atomic mass is 10.0. The van der Waals surface area contributed by atoms with Crippen molar-refractivity contribution in [2.75, 3.05) is 5.75 Å². The molecule has 0 radical (unpaired) electrons. The summed E-state index contributed by atoms with van der Waals surface area (Å²) in [6.07, 6.45) is 0. The maximum absolute atomic E-state index is 12.2. The Bertz CT molecular complexity index is 532. The summed E-state index contributed by atoms with van der Waals surface area (Å²) in [7, 11) is -3.65. The highest BCUT2D eigenvalue weighted by molar-refractivity contribution is 7.95. The first-order valence-electron chi connectivity index (χ1n) is 5.25. The number of carbonyl (C=O) groups is 1. The molecule has 1 aromatic rings. The van der Waals surface area contributed by atoms with Crippen LogP contribution in [0.4, 0.5) is 0 Å². The molecule has 0 bridgehead atoms. The highest BCUT2D eigenvalue weighted by Crippen LogP contribution is 2.29. The number of halogens is 1.